The lowest BCUT2D eigenvalue weighted by Crippen LogP contribution is -2.11. The van der Waals surface area contributed by atoms with Crippen LogP contribution in [0.25, 0.3) is 55.0 Å². The summed E-state index contributed by atoms with van der Waals surface area (Å²) in [7, 11) is 1.41. The Morgan fingerprint density at radius 2 is 0.756 bits per heavy atom. The van der Waals surface area contributed by atoms with Crippen LogP contribution in [0.4, 0.5) is 0 Å². The first-order valence-electron chi connectivity index (χ1n) is 13.7. The van der Waals surface area contributed by atoms with Crippen LogP contribution in [0.5, 0.6) is 11.5 Å². The molecule has 6 aromatic carbocycles. The van der Waals surface area contributed by atoms with Gasteiger partial charge in [0, 0.05) is 45.1 Å². The van der Waals surface area contributed by atoms with E-state index in [-0.39, 0.29) is 0 Å². The average molecular weight is 527 g/mol. The minimum atomic E-state index is 0.706. The normalized spacial score (nSPS) is 11.4. The first-order chi connectivity index (χ1) is 20.3. The Morgan fingerprint density at radius 3 is 1.22 bits per heavy atom. The van der Waals surface area contributed by atoms with Gasteiger partial charge in [0.25, 0.3) is 0 Å². The van der Waals surface area contributed by atoms with Crippen LogP contribution in [0.15, 0.2) is 146 Å². The highest BCUT2D eigenvalue weighted by molar-refractivity contribution is 6.21. The zero-order valence-electron chi connectivity index (χ0n) is 22.1. The van der Waals surface area contributed by atoms with Gasteiger partial charge in [-0.2, -0.15) is 0 Å². The number of aromatic nitrogens is 2. The molecule has 2 heterocycles. The van der Waals surface area contributed by atoms with E-state index in [0.717, 1.165) is 33.4 Å². The van der Waals surface area contributed by atoms with Gasteiger partial charge < -0.3 is 18.4 Å². The van der Waals surface area contributed by atoms with E-state index in [1.165, 1.54) is 29.2 Å². The Bertz CT molecular complexity index is 2030. The highest BCUT2D eigenvalue weighted by Crippen LogP contribution is 2.35. The number of benzene rings is 6. The topological polar surface area (TPSA) is 28.3 Å². The third kappa shape index (κ3) is 3.94. The van der Waals surface area contributed by atoms with E-state index < -0.39 is 0 Å². The van der Waals surface area contributed by atoms with Crippen molar-refractivity contribution in [1.82, 2.24) is 9.13 Å². The zero-order valence-corrected chi connectivity index (χ0v) is 22.1. The van der Waals surface area contributed by atoms with Gasteiger partial charge in [0.05, 0.1) is 22.1 Å². The summed E-state index contributed by atoms with van der Waals surface area (Å²) in [4.78, 5) is 0. The minimum Gasteiger partial charge on any atom is -0.526 e. The molecule has 8 aromatic rings. The first kappa shape index (κ1) is 23.5. The summed E-state index contributed by atoms with van der Waals surface area (Å²) in [5.74, 6) is 1.41. The number of hydrogen-bond acceptors (Lipinski definition) is 2. The molecule has 8 rings (SSSR count). The quantitative estimate of drug-likeness (QED) is 0.202. The second-order valence-corrected chi connectivity index (χ2v) is 10.1. The van der Waals surface area contributed by atoms with Crippen LogP contribution in [0, 0.1) is 0 Å². The second-order valence-electron chi connectivity index (χ2n) is 10.1. The van der Waals surface area contributed by atoms with Crippen LogP contribution in [-0.2, 0) is 0 Å². The third-order valence-electron chi connectivity index (χ3n) is 7.69. The molecule has 1 radical (unpaired) electrons. The van der Waals surface area contributed by atoms with Crippen LogP contribution in [0.2, 0.25) is 0 Å². The summed E-state index contributed by atoms with van der Waals surface area (Å²) < 4.78 is 16.6. The molecule has 2 aromatic heterocycles. The average Bonchev–Trinajstić information content (AvgIpc) is 3.54. The Labute approximate surface area is 237 Å². The van der Waals surface area contributed by atoms with E-state index in [9.17, 15) is 0 Å². The number of hydrogen-bond donors (Lipinski definition) is 0. The van der Waals surface area contributed by atoms with E-state index in [1.807, 2.05) is 24.3 Å². The Hall–Kier alpha value is -5.42. The van der Waals surface area contributed by atoms with Crippen molar-refractivity contribution in [3.05, 3.63) is 146 Å². The van der Waals surface area contributed by atoms with E-state index in [4.69, 9.17) is 9.31 Å². The fraction of sp³-hybridized carbons (Fsp3) is 0. The summed E-state index contributed by atoms with van der Waals surface area (Å²) >= 11 is 0. The van der Waals surface area contributed by atoms with Crippen LogP contribution in [-0.4, -0.2) is 16.8 Å². The largest absolute Gasteiger partial charge is 0.658 e. The highest BCUT2D eigenvalue weighted by Gasteiger charge is 2.15. The molecule has 0 saturated heterocycles. The number of para-hydroxylation sites is 4. The molecule has 0 atom stereocenters. The summed E-state index contributed by atoms with van der Waals surface area (Å²) in [5, 5.41) is 4.77. The summed E-state index contributed by atoms with van der Waals surface area (Å²) in [6.45, 7) is 0. The maximum atomic E-state index is 6.02. The lowest BCUT2D eigenvalue weighted by molar-refractivity contribution is 0.459. The van der Waals surface area contributed by atoms with E-state index in [0.29, 0.717) is 11.5 Å². The van der Waals surface area contributed by atoms with Crippen molar-refractivity contribution in [3.63, 3.8) is 0 Å². The molecule has 5 heteroatoms. The fourth-order valence-corrected chi connectivity index (χ4v) is 5.89. The van der Waals surface area contributed by atoms with Gasteiger partial charge >= 0.3 is 7.69 Å². The molecule has 0 amide bonds. The number of nitrogens with zero attached hydrogens (tertiary/aromatic N) is 2. The molecule has 0 saturated carbocycles. The molecule has 0 aliphatic carbocycles. The molecule has 0 bridgehead atoms. The van der Waals surface area contributed by atoms with Gasteiger partial charge in [0.1, 0.15) is 11.5 Å². The van der Waals surface area contributed by atoms with E-state index in [2.05, 4.69) is 130 Å². The predicted octanol–water partition coefficient (Wildman–Crippen LogP) is 8.87. The fourth-order valence-electron chi connectivity index (χ4n) is 5.89. The maximum Gasteiger partial charge on any atom is 0.658 e. The van der Waals surface area contributed by atoms with Crippen molar-refractivity contribution >= 4 is 51.3 Å². The van der Waals surface area contributed by atoms with Crippen LogP contribution in [0.1, 0.15) is 0 Å². The highest BCUT2D eigenvalue weighted by atomic mass is 16.6. The molecular weight excluding hydrogens is 503 g/mol. The molecule has 0 aliphatic rings. The van der Waals surface area contributed by atoms with E-state index in [1.54, 1.807) is 0 Å². The molecule has 193 valence electrons. The minimum absolute atomic E-state index is 0.706. The zero-order chi connectivity index (χ0) is 27.2. The van der Waals surface area contributed by atoms with Gasteiger partial charge in [-0.1, -0.05) is 72.8 Å². The molecule has 0 aliphatic heterocycles. The van der Waals surface area contributed by atoms with Crippen molar-refractivity contribution in [2.75, 3.05) is 0 Å². The van der Waals surface area contributed by atoms with Gasteiger partial charge in [-0.05, 0) is 60.7 Å². The maximum absolute atomic E-state index is 6.02. The summed E-state index contributed by atoms with van der Waals surface area (Å²) in [6, 6.07) is 50.1. The summed E-state index contributed by atoms with van der Waals surface area (Å²) in [6.07, 6.45) is 0. The van der Waals surface area contributed by atoms with Crippen molar-refractivity contribution in [2.24, 2.45) is 0 Å². The molecule has 0 spiro atoms. The summed E-state index contributed by atoms with van der Waals surface area (Å²) in [5.41, 5.74) is 6.70. The van der Waals surface area contributed by atoms with Crippen molar-refractivity contribution in [2.45, 2.75) is 0 Å². The van der Waals surface area contributed by atoms with Crippen molar-refractivity contribution < 1.29 is 9.31 Å². The van der Waals surface area contributed by atoms with E-state index >= 15 is 0 Å². The van der Waals surface area contributed by atoms with Gasteiger partial charge in [0.15, 0.2) is 0 Å². The predicted molar refractivity (Wildman–Crippen MR) is 169 cm³/mol. The second kappa shape index (κ2) is 9.65. The SMILES string of the molecule is [B](Oc1ccc2c3ccccc3n(-c3ccccc3)c2c1)Oc1ccc2c3ccccc3n(-c3ccccc3)c2c1. The Kier molecular flexibility index (Phi) is 5.52. The molecule has 0 N–H and O–H groups in total. The van der Waals surface area contributed by atoms with Gasteiger partial charge in [0.2, 0.25) is 0 Å². The Morgan fingerprint density at radius 1 is 0.366 bits per heavy atom. The Balaban J connectivity index is 1.12. The van der Waals surface area contributed by atoms with Crippen LogP contribution in [0.3, 0.4) is 0 Å². The lowest BCUT2D eigenvalue weighted by Gasteiger charge is -2.10. The van der Waals surface area contributed by atoms with Crippen molar-refractivity contribution in [1.29, 1.82) is 0 Å². The van der Waals surface area contributed by atoms with Gasteiger partial charge in [-0.15, -0.1) is 0 Å². The van der Waals surface area contributed by atoms with Gasteiger partial charge in [-0.3, -0.25) is 0 Å². The molecule has 0 unspecified atom stereocenters. The third-order valence-corrected chi connectivity index (χ3v) is 7.69. The first-order valence-corrected chi connectivity index (χ1v) is 13.7. The lowest BCUT2D eigenvalue weighted by atomic mass is 10.1. The van der Waals surface area contributed by atoms with Crippen LogP contribution >= 0.6 is 0 Å². The molecule has 0 fully saturated rings. The monoisotopic (exact) mass is 527 g/mol. The molecule has 41 heavy (non-hydrogen) atoms. The van der Waals surface area contributed by atoms with Gasteiger partial charge in [-0.25, -0.2) is 0 Å². The molecule has 4 nitrogen and oxygen atoms in total. The molecular formula is C36H24BN2O2. The number of rotatable bonds is 6. The standard InChI is InChI=1S/C36H24BN2O2/c1-3-11-25(12-4-1)38-33-17-9-7-15-29(33)31-21-19-27(23-35(31)38)40-37-41-28-20-22-32-30-16-8-10-18-34(30)39(36(32)24-28)26-13-5-2-6-14-26/h1-24H. The number of fused-ring (bicyclic) bond motifs is 6. The smallest absolute Gasteiger partial charge is 0.526 e. The van der Waals surface area contributed by atoms with Crippen molar-refractivity contribution in [3.8, 4) is 22.9 Å². The van der Waals surface area contributed by atoms with Crippen LogP contribution < -0.4 is 9.31 Å².